The Morgan fingerprint density at radius 2 is 1.69 bits per heavy atom. The molecule has 0 saturated heterocycles. The average molecular weight is 354 g/mol. The van der Waals surface area contributed by atoms with Crippen molar-refractivity contribution in [3.63, 3.8) is 0 Å². The first-order valence-electron chi connectivity index (χ1n) is 8.26. The molecule has 0 radical (unpaired) electrons. The Balaban J connectivity index is 2.15. The third-order valence-electron chi connectivity index (χ3n) is 4.02. The normalized spacial score (nSPS) is 11.6. The number of nitrogens with one attached hydrogen (secondary N) is 1. The van der Waals surface area contributed by atoms with Gasteiger partial charge in [-0.2, -0.15) is 0 Å². The van der Waals surface area contributed by atoms with E-state index in [0.717, 1.165) is 16.7 Å². The number of anilines is 1. The van der Waals surface area contributed by atoms with Gasteiger partial charge in [0.25, 0.3) is 0 Å². The first-order chi connectivity index (χ1) is 12.2. The van der Waals surface area contributed by atoms with E-state index in [4.69, 9.17) is 4.74 Å². The lowest BCUT2D eigenvalue weighted by Crippen LogP contribution is -2.26. The second-order valence-electron chi connectivity index (χ2n) is 6.25. The molecule has 0 bridgehead atoms. The number of hydrogen-bond acceptors (Lipinski definition) is 5. The van der Waals surface area contributed by atoms with Crippen molar-refractivity contribution in [3.05, 3.63) is 58.3 Å². The number of nitrogens with zero attached hydrogens (tertiary/aromatic N) is 1. The highest BCUT2D eigenvalue weighted by molar-refractivity contribution is 6.02. The summed E-state index contributed by atoms with van der Waals surface area (Å²) in [6.45, 7) is 8.64. The zero-order valence-electron chi connectivity index (χ0n) is 15.5. The molecule has 26 heavy (non-hydrogen) atoms. The van der Waals surface area contributed by atoms with Crippen LogP contribution in [0.5, 0.6) is 0 Å². The van der Waals surface area contributed by atoms with Crippen LogP contribution in [-0.4, -0.2) is 28.7 Å². The Hall–Kier alpha value is -3.02. The zero-order valence-corrected chi connectivity index (χ0v) is 15.5. The molecule has 1 aromatic carbocycles. The molecule has 0 saturated carbocycles. The fourth-order valence-corrected chi connectivity index (χ4v) is 2.52. The standard InChI is InChI=1S/C20H22N2O4/c1-11-9-13(3)16(10-12(11)2)19(24)14(4)26-20(25)17-7-6-8-18(22-17)21-15(5)23/h6-10,14H,1-5H3,(H,21,22,23)/t14-/m1/s1. The Kier molecular flexibility index (Phi) is 5.87. The summed E-state index contributed by atoms with van der Waals surface area (Å²) in [5.74, 6) is -1.04. The maximum atomic E-state index is 12.7. The molecule has 1 amide bonds. The van der Waals surface area contributed by atoms with Gasteiger partial charge in [-0.25, -0.2) is 9.78 Å². The molecule has 0 aliphatic rings. The first kappa shape index (κ1) is 19.3. The van der Waals surface area contributed by atoms with Gasteiger partial charge in [-0.15, -0.1) is 0 Å². The molecule has 0 spiro atoms. The van der Waals surface area contributed by atoms with Crippen LogP contribution >= 0.6 is 0 Å². The molecule has 2 aromatic rings. The van der Waals surface area contributed by atoms with Crippen LogP contribution in [0.2, 0.25) is 0 Å². The molecule has 0 fully saturated rings. The van der Waals surface area contributed by atoms with Crippen LogP contribution in [0.1, 0.15) is 51.4 Å². The lowest BCUT2D eigenvalue weighted by Gasteiger charge is -2.15. The lowest BCUT2D eigenvalue weighted by molar-refractivity contribution is -0.114. The van der Waals surface area contributed by atoms with E-state index >= 15 is 0 Å². The number of pyridine rings is 1. The van der Waals surface area contributed by atoms with Crippen molar-refractivity contribution in [2.75, 3.05) is 5.32 Å². The van der Waals surface area contributed by atoms with Gasteiger partial charge in [-0.1, -0.05) is 12.1 Å². The van der Waals surface area contributed by atoms with Crippen LogP contribution in [0.4, 0.5) is 5.82 Å². The van der Waals surface area contributed by atoms with Crippen molar-refractivity contribution >= 4 is 23.5 Å². The molecule has 1 aromatic heterocycles. The maximum Gasteiger partial charge on any atom is 0.357 e. The van der Waals surface area contributed by atoms with E-state index in [-0.39, 0.29) is 23.2 Å². The number of aromatic nitrogens is 1. The van der Waals surface area contributed by atoms with Crippen LogP contribution in [-0.2, 0) is 9.53 Å². The second-order valence-corrected chi connectivity index (χ2v) is 6.25. The summed E-state index contributed by atoms with van der Waals surface area (Å²) in [6.07, 6.45) is -0.950. The highest BCUT2D eigenvalue weighted by atomic mass is 16.5. The first-order valence-corrected chi connectivity index (χ1v) is 8.26. The number of Topliss-reactive ketones (excluding diaryl/α,β-unsaturated/α-hetero) is 1. The minimum atomic E-state index is -0.950. The number of carbonyl (C=O) groups is 3. The summed E-state index contributed by atoms with van der Waals surface area (Å²) >= 11 is 0. The number of amides is 1. The summed E-state index contributed by atoms with van der Waals surface area (Å²) in [7, 11) is 0. The molecular weight excluding hydrogens is 332 g/mol. The van der Waals surface area contributed by atoms with Crippen LogP contribution in [0.25, 0.3) is 0 Å². The fraction of sp³-hybridized carbons (Fsp3) is 0.300. The number of carbonyl (C=O) groups excluding carboxylic acids is 3. The largest absolute Gasteiger partial charge is 0.450 e. The molecule has 1 atom stereocenters. The van der Waals surface area contributed by atoms with Crippen molar-refractivity contribution in [1.82, 2.24) is 4.98 Å². The van der Waals surface area contributed by atoms with Crippen molar-refractivity contribution in [1.29, 1.82) is 0 Å². The maximum absolute atomic E-state index is 12.7. The van der Waals surface area contributed by atoms with Crippen LogP contribution < -0.4 is 5.32 Å². The molecule has 6 heteroatoms. The molecule has 2 rings (SSSR count). The van der Waals surface area contributed by atoms with E-state index in [1.165, 1.54) is 19.9 Å². The molecule has 0 aliphatic heterocycles. The molecule has 1 N–H and O–H groups in total. The summed E-state index contributed by atoms with van der Waals surface area (Å²) in [6, 6.07) is 8.36. The number of ether oxygens (including phenoxy) is 1. The van der Waals surface area contributed by atoms with Gasteiger partial charge in [-0.05, 0) is 62.6 Å². The second kappa shape index (κ2) is 7.91. The minimum Gasteiger partial charge on any atom is -0.450 e. The van der Waals surface area contributed by atoms with Crippen LogP contribution in [0.15, 0.2) is 30.3 Å². The summed E-state index contributed by atoms with van der Waals surface area (Å²) in [4.78, 5) is 40.1. The predicted molar refractivity (Wildman–Crippen MR) is 98.4 cm³/mol. The molecule has 0 unspecified atom stereocenters. The van der Waals surface area contributed by atoms with Gasteiger partial charge in [0, 0.05) is 12.5 Å². The number of esters is 1. The molecule has 136 valence electrons. The van der Waals surface area contributed by atoms with Crippen molar-refractivity contribution in [2.24, 2.45) is 0 Å². The van der Waals surface area contributed by atoms with E-state index in [1.54, 1.807) is 12.1 Å². The molecular formula is C20H22N2O4. The monoisotopic (exact) mass is 354 g/mol. The summed E-state index contributed by atoms with van der Waals surface area (Å²) < 4.78 is 5.27. The number of hydrogen-bond donors (Lipinski definition) is 1. The van der Waals surface area contributed by atoms with Crippen molar-refractivity contribution in [3.8, 4) is 0 Å². The van der Waals surface area contributed by atoms with Gasteiger partial charge < -0.3 is 10.1 Å². The van der Waals surface area contributed by atoms with Gasteiger partial charge in [-0.3, -0.25) is 9.59 Å². The molecule has 0 aliphatic carbocycles. The number of rotatable bonds is 5. The highest BCUT2D eigenvalue weighted by Gasteiger charge is 2.23. The summed E-state index contributed by atoms with van der Waals surface area (Å²) in [5, 5.41) is 2.50. The number of ketones is 1. The van der Waals surface area contributed by atoms with Gasteiger partial charge in [0.2, 0.25) is 11.7 Å². The average Bonchev–Trinajstić information content (AvgIpc) is 2.57. The summed E-state index contributed by atoms with van der Waals surface area (Å²) in [5.41, 5.74) is 3.50. The highest BCUT2D eigenvalue weighted by Crippen LogP contribution is 2.18. The van der Waals surface area contributed by atoms with Crippen molar-refractivity contribution in [2.45, 2.75) is 40.7 Å². The van der Waals surface area contributed by atoms with Crippen molar-refractivity contribution < 1.29 is 19.1 Å². The fourth-order valence-electron chi connectivity index (χ4n) is 2.52. The Labute approximate surface area is 152 Å². The Bertz CT molecular complexity index is 874. The lowest BCUT2D eigenvalue weighted by atomic mass is 9.96. The van der Waals surface area contributed by atoms with E-state index in [9.17, 15) is 14.4 Å². The van der Waals surface area contributed by atoms with Crippen LogP contribution in [0, 0.1) is 20.8 Å². The quantitative estimate of drug-likeness (QED) is 0.657. The van der Waals surface area contributed by atoms with Gasteiger partial charge in [0.05, 0.1) is 0 Å². The van der Waals surface area contributed by atoms with Gasteiger partial charge in [0.1, 0.15) is 5.82 Å². The Morgan fingerprint density at radius 1 is 1.04 bits per heavy atom. The van der Waals surface area contributed by atoms with Crippen LogP contribution in [0.3, 0.4) is 0 Å². The van der Waals surface area contributed by atoms with E-state index in [1.807, 2.05) is 32.9 Å². The topological polar surface area (TPSA) is 85.4 Å². The number of aryl methyl sites for hydroxylation is 3. The molecule has 1 heterocycles. The van der Waals surface area contributed by atoms with E-state index in [2.05, 4.69) is 10.3 Å². The van der Waals surface area contributed by atoms with E-state index < -0.39 is 12.1 Å². The zero-order chi connectivity index (χ0) is 19.4. The minimum absolute atomic E-state index is 0.0210. The third-order valence-corrected chi connectivity index (χ3v) is 4.02. The van der Waals surface area contributed by atoms with Gasteiger partial charge in [0.15, 0.2) is 11.8 Å². The number of benzene rings is 1. The SMILES string of the molecule is CC(=O)Nc1cccc(C(=O)O[C@H](C)C(=O)c2cc(C)c(C)cc2C)n1. The predicted octanol–water partition coefficient (Wildman–Crippen LogP) is 3.39. The third kappa shape index (κ3) is 4.53. The molecule has 6 nitrogen and oxygen atoms in total. The van der Waals surface area contributed by atoms with E-state index in [0.29, 0.717) is 5.56 Å². The van der Waals surface area contributed by atoms with Gasteiger partial charge >= 0.3 is 5.97 Å². The Morgan fingerprint density at radius 3 is 2.35 bits per heavy atom. The smallest absolute Gasteiger partial charge is 0.357 e.